The smallest absolute Gasteiger partial charge is 0.321 e. The molecule has 0 radical (unpaired) electrons. The number of rotatable bonds is 6. The van der Waals surface area contributed by atoms with E-state index in [1.165, 1.54) is 13.8 Å². The van der Waals surface area contributed by atoms with Crippen LogP contribution in [0.25, 0.3) is 10.8 Å². The van der Waals surface area contributed by atoms with Crippen molar-refractivity contribution in [1.29, 1.82) is 0 Å². The molecule has 0 saturated carbocycles. The van der Waals surface area contributed by atoms with E-state index in [1.54, 1.807) is 0 Å². The molecule has 0 fully saturated rings. The molecule has 1 atom stereocenters. The summed E-state index contributed by atoms with van der Waals surface area (Å²) in [5.74, 6) is -0.160. The van der Waals surface area contributed by atoms with Gasteiger partial charge in [0.05, 0.1) is 12.4 Å². The highest BCUT2D eigenvalue weighted by molar-refractivity contribution is 7.87. The van der Waals surface area contributed by atoms with Gasteiger partial charge in [-0.3, -0.25) is 9.00 Å². The van der Waals surface area contributed by atoms with E-state index >= 15 is 0 Å². The zero-order valence-corrected chi connectivity index (χ0v) is 12.9. The van der Waals surface area contributed by atoms with Crippen LogP contribution in [0.4, 0.5) is 0 Å². The number of carboxylic acid groups (broad SMARTS) is 1. The number of ether oxygens (including phenoxy) is 1. The summed E-state index contributed by atoms with van der Waals surface area (Å²) in [5.41, 5.74) is 0. The van der Waals surface area contributed by atoms with Crippen molar-refractivity contribution in [3.63, 3.8) is 0 Å². The number of carboxylic acids is 1. The second kappa shape index (κ2) is 6.26. The largest absolute Gasteiger partial charge is 0.492 e. The third-order valence-electron chi connectivity index (χ3n) is 3.36. The highest BCUT2D eigenvalue weighted by Crippen LogP contribution is 2.25. The van der Waals surface area contributed by atoms with Gasteiger partial charge in [0.1, 0.15) is 10.5 Å². The number of hydrogen-bond donors (Lipinski definition) is 1. The molecule has 5 heteroatoms. The first-order chi connectivity index (χ1) is 9.93. The van der Waals surface area contributed by atoms with Crippen LogP contribution in [-0.4, -0.2) is 32.4 Å². The van der Waals surface area contributed by atoms with Crippen LogP contribution in [0.1, 0.15) is 13.8 Å². The Labute approximate surface area is 126 Å². The van der Waals surface area contributed by atoms with Gasteiger partial charge in [-0.15, -0.1) is 0 Å². The number of aliphatic carboxylic acids is 1. The maximum Gasteiger partial charge on any atom is 0.321 e. The normalized spacial score (nSPS) is 13.0. The Bertz CT molecular complexity index is 674. The van der Waals surface area contributed by atoms with Gasteiger partial charge in [0.15, 0.2) is 0 Å². The lowest BCUT2D eigenvalue weighted by molar-refractivity contribution is -0.139. The van der Waals surface area contributed by atoms with Gasteiger partial charge in [0, 0.05) is 16.2 Å². The monoisotopic (exact) mass is 306 g/mol. The minimum absolute atomic E-state index is 0.183. The molecule has 0 heterocycles. The summed E-state index contributed by atoms with van der Waals surface area (Å²) in [6.45, 7) is 3.14. The zero-order chi connectivity index (χ0) is 15.5. The Morgan fingerprint density at radius 2 is 1.86 bits per heavy atom. The zero-order valence-electron chi connectivity index (χ0n) is 12.0. The molecular weight excluding hydrogens is 288 g/mol. The van der Waals surface area contributed by atoms with E-state index in [0.29, 0.717) is 0 Å². The van der Waals surface area contributed by atoms with E-state index in [-0.39, 0.29) is 12.4 Å². The highest BCUT2D eigenvalue weighted by Gasteiger charge is 2.34. The number of benzene rings is 2. The van der Waals surface area contributed by atoms with Gasteiger partial charge < -0.3 is 9.84 Å². The van der Waals surface area contributed by atoms with Crippen LogP contribution < -0.4 is 4.74 Å². The molecular formula is C16H18O4S. The average Bonchev–Trinajstić information content (AvgIpc) is 2.47. The third-order valence-corrected chi connectivity index (χ3v) is 5.21. The lowest BCUT2D eigenvalue weighted by Gasteiger charge is -2.18. The molecule has 21 heavy (non-hydrogen) atoms. The Balaban J connectivity index is 2.03. The Morgan fingerprint density at radius 1 is 1.19 bits per heavy atom. The highest BCUT2D eigenvalue weighted by atomic mass is 32.2. The molecule has 0 bridgehead atoms. The summed E-state index contributed by atoms with van der Waals surface area (Å²) >= 11 is 0. The van der Waals surface area contributed by atoms with Crippen LogP contribution in [0.3, 0.4) is 0 Å². The fourth-order valence-electron chi connectivity index (χ4n) is 1.90. The van der Waals surface area contributed by atoms with Crippen LogP contribution in [0.2, 0.25) is 0 Å². The minimum atomic E-state index is -1.49. The van der Waals surface area contributed by atoms with Crippen molar-refractivity contribution in [3.8, 4) is 5.75 Å². The van der Waals surface area contributed by atoms with E-state index in [1.807, 2.05) is 42.5 Å². The van der Waals surface area contributed by atoms with Gasteiger partial charge in [0.25, 0.3) is 0 Å². The second-order valence-corrected chi connectivity index (χ2v) is 7.31. The number of hydrogen-bond acceptors (Lipinski definition) is 3. The van der Waals surface area contributed by atoms with E-state index < -0.39 is 21.5 Å². The first-order valence-corrected chi connectivity index (χ1v) is 7.97. The average molecular weight is 306 g/mol. The summed E-state index contributed by atoms with van der Waals surface area (Å²) in [7, 11) is -1.49. The minimum Gasteiger partial charge on any atom is -0.492 e. The Kier molecular flexibility index (Phi) is 4.63. The van der Waals surface area contributed by atoms with Crippen LogP contribution in [0.5, 0.6) is 5.75 Å². The summed E-state index contributed by atoms with van der Waals surface area (Å²) < 4.78 is 16.4. The number of carbonyl (C=O) groups is 1. The molecule has 0 aliphatic heterocycles. The molecule has 0 aromatic heterocycles. The summed E-state index contributed by atoms with van der Waals surface area (Å²) in [4.78, 5) is 11.0. The van der Waals surface area contributed by atoms with Crippen molar-refractivity contribution in [3.05, 3.63) is 42.5 Å². The predicted octanol–water partition coefficient (Wildman–Crippen LogP) is 2.83. The lowest BCUT2D eigenvalue weighted by Crippen LogP contribution is -2.38. The van der Waals surface area contributed by atoms with Crippen LogP contribution >= 0.6 is 0 Å². The fraction of sp³-hybridized carbons (Fsp3) is 0.312. The van der Waals surface area contributed by atoms with Gasteiger partial charge >= 0.3 is 5.97 Å². The molecule has 0 amide bonds. The Hall–Kier alpha value is -1.88. The van der Waals surface area contributed by atoms with E-state index in [4.69, 9.17) is 9.84 Å². The van der Waals surface area contributed by atoms with Crippen LogP contribution in [0.15, 0.2) is 42.5 Å². The van der Waals surface area contributed by atoms with Crippen LogP contribution in [-0.2, 0) is 15.6 Å². The maximum absolute atomic E-state index is 12.0. The topological polar surface area (TPSA) is 63.6 Å². The van der Waals surface area contributed by atoms with Gasteiger partial charge in [0.2, 0.25) is 0 Å². The first kappa shape index (κ1) is 15.5. The molecule has 0 aliphatic carbocycles. The van der Waals surface area contributed by atoms with Gasteiger partial charge in [-0.25, -0.2) is 0 Å². The van der Waals surface area contributed by atoms with E-state index in [9.17, 15) is 9.00 Å². The molecule has 2 rings (SSSR count). The van der Waals surface area contributed by atoms with Crippen molar-refractivity contribution in [2.24, 2.45) is 0 Å². The summed E-state index contributed by atoms with van der Waals surface area (Å²) in [6.07, 6.45) is 0. The third kappa shape index (κ3) is 3.42. The number of fused-ring (bicyclic) bond motifs is 1. The maximum atomic E-state index is 12.0. The molecule has 0 spiro atoms. The van der Waals surface area contributed by atoms with E-state index in [2.05, 4.69) is 0 Å². The second-order valence-electron chi connectivity index (χ2n) is 5.19. The molecule has 4 nitrogen and oxygen atoms in total. The Morgan fingerprint density at radius 3 is 2.57 bits per heavy atom. The molecule has 2 aromatic carbocycles. The molecule has 0 saturated heterocycles. The molecule has 1 unspecified atom stereocenters. The predicted molar refractivity (Wildman–Crippen MR) is 84.2 cm³/mol. The molecule has 1 N–H and O–H groups in total. The van der Waals surface area contributed by atoms with Gasteiger partial charge in [-0.05, 0) is 25.3 Å². The van der Waals surface area contributed by atoms with Crippen molar-refractivity contribution in [1.82, 2.24) is 0 Å². The summed E-state index contributed by atoms with van der Waals surface area (Å²) in [6, 6.07) is 13.6. The summed E-state index contributed by atoms with van der Waals surface area (Å²) in [5, 5.41) is 11.1. The molecule has 112 valence electrons. The van der Waals surface area contributed by atoms with Crippen molar-refractivity contribution in [2.75, 3.05) is 12.4 Å². The molecule has 0 aliphatic rings. The van der Waals surface area contributed by atoms with Crippen LogP contribution in [0, 0.1) is 0 Å². The van der Waals surface area contributed by atoms with Gasteiger partial charge in [-0.2, -0.15) is 0 Å². The molecule has 2 aromatic rings. The van der Waals surface area contributed by atoms with Crippen molar-refractivity contribution < 1.29 is 18.8 Å². The van der Waals surface area contributed by atoms with Crippen molar-refractivity contribution in [2.45, 2.75) is 18.6 Å². The SMILES string of the molecule is CC(C)(C(=O)O)S(=O)CCOc1cccc2ccccc12. The standard InChI is InChI=1S/C16H18O4S/c1-16(2,15(17)18)21(19)11-10-20-14-9-5-7-12-6-3-4-8-13(12)14/h3-9H,10-11H2,1-2H3,(H,17,18). The fourth-order valence-corrected chi connectivity index (χ4v) is 2.84. The quantitative estimate of drug-likeness (QED) is 0.891. The lowest BCUT2D eigenvalue weighted by atomic mass is 10.1. The van der Waals surface area contributed by atoms with E-state index in [0.717, 1.165) is 16.5 Å². The van der Waals surface area contributed by atoms with Gasteiger partial charge in [-0.1, -0.05) is 36.4 Å². The van der Waals surface area contributed by atoms with Crippen molar-refractivity contribution >= 4 is 27.5 Å². The first-order valence-electron chi connectivity index (χ1n) is 6.65.